The van der Waals surface area contributed by atoms with E-state index in [0.717, 1.165) is 5.69 Å². The van der Waals surface area contributed by atoms with Crippen molar-refractivity contribution < 1.29 is 9.53 Å². The van der Waals surface area contributed by atoms with E-state index in [1.54, 1.807) is 6.20 Å². The van der Waals surface area contributed by atoms with E-state index >= 15 is 0 Å². The number of likely N-dealkylation sites (N-methyl/N-ethyl adjacent to an activating group) is 1. The highest BCUT2D eigenvalue weighted by molar-refractivity contribution is 5.81. The van der Waals surface area contributed by atoms with Crippen molar-refractivity contribution >= 4 is 11.7 Å². The molecule has 104 valence electrons. The first-order valence-corrected chi connectivity index (χ1v) is 6.36. The number of hydrogen-bond donors (Lipinski definition) is 2. The number of nitrogens with zero attached hydrogens (tertiary/aromatic N) is 3. The first kappa shape index (κ1) is 13.7. The fourth-order valence-corrected chi connectivity index (χ4v) is 2.02. The number of carbonyl (C=O) groups excluding carboxylic acids is 1. The summed E-state index contributed by atoms with van der Waals surface area (Å²) >= 11 is 0. The number of anilines is 1. The number of ether oxygens (including phenoxy) is 1. The number of nitrogens with two attached hydrogens (primary N) is 1. The Bertz CT molecular complexity index is 423. The third-order valence-electron chi connectivity index (χ3n) is 2.98. The van der Waals surface area contributed by atoms with Crippen LogP contribution in [0.4, 0.5) is 5.82 Å². The number of nitrogen functional groups attached to an aromatic ring is 1. The predicted molar refractivity (Wildman–Crippen MR) is 70.1 cm³/mol. The molecule has 1 saturated heterocycles. The van der Waals surface area contributed by atoms with Crippen molar-refractivity contribution in [3.63, 3.8) is 0 Å². The highest BCUT2D eigenvalue weighted by atomic mass is 16.5. The molecule has 2 rings (SSSR count). The first-order chi connectivity index (χ1) is 9.20. The molecule has 1 aliphatic heterocycles. The number of aromatic nitrogens is 2. The van der Waals surface area contributed by atoms with Gasteiger partial charge in [0.1, 0.15) is 11.9 Å². The molecular weight excluding hydrogens is 246 g/mol. The van der Waals surface area contributed by atoms with Crippen LogP contribution in [0.5, 0.6) is 0 Å². The first-order valence-electron chi connectivity index (χ1n) is 6.36. The Morgan fingerprint density at radius 3 is 3.11 bits per heavy atom. The van der Waals surface area contributed by atoms with Crippen LogP contribution in [0.3, 0.4) is 0 Å². The van der Waals surface area contributed by atoms with Gasteiger partial charge in [-0.1, -0.05) is 0 Å². The summed E-state index contributed by atoms with van der Waals surface area (Å²) in [5.74, 6) is 0.386. The van der Waals surface area contributed by atoms with Gasteiger partial charge in [0.25, 0.3) is 0 Å². The number of hydrogen-bond acceptors (Lipinski definition) is 6. The van der Waals surface area contributed by atoms with Gasteiger partial charge in [-0.05, 0) is 6.92 Å². The lowest BCUT2D eigenvalue weighted by Gasteiger charge is -2.34. The fourth-order valence-electron chi connectivity index (χ4n) is 2.02. The van der Waals surface area contributed by atoms with Crippen LogP contribution >= 0.6 is 0 Å². The van der Waals surface area contributed by atoms with Crippen molar-refractivity contribution in [1.29, 1.82) is 0 Å². The van der Waals surface area contributed by atoms with E-state index in [0.29, 0.717) is 38.7 Å². The number of nitrogens with one attached hydrogen (secondary N) is 1. The second-order valence-corrected chi connectivity index (χ2v) is 4.39. The summed E-state index contributed by atoms with van der Waals surface area (Å²) in [6.45, 7) is 4.82. The summed E-state index contributed by atoms with van der Waals surface area (Å²) < 4.78 is 5.38. The maximum atomic E-state index is 12.0. The van der Waals surface area contributed by atoms with Gasteiger partial charge >= 0.3 is 0 Å². The second kappa shape index (κ2) is 6.44. The molecule has 1 atom stereocenters. The van der Waals surface area contributed by atoms with Gasteiger partial charge in [0, 0.05) is 19.6 Å². The maximum Gasteiger partial charge on any atom is 0.239 e. The van der Waals surface area contributed by atoms with Gasteiger partial charge in [0.15, 0.2) is 0 Å². The van der Waals surface area contributed by atoms with Crippen LogP contribution < -0.4 is 11.1 Å². The molecule has 1 aliphatic rings. The molecule has 1 aromatic rings. The second-order valence-electron chi connectivity index (χ2n) is 4.39. The van der Waals surface area contributed by atoms with Crippen molar-refractivity contribution in [2.75, 3.05) is 32.0 Å². The van der Waals surface area contributed by atoms with Gasteiger partial charge in [0.2, 0.25) is 5.91 Å². The molecule has 0 spiro atoms. The monoisotopic (exact) mass is 265 g/mol. The Kier molecular flexibility index (Phi) is 4.64. The van der Waals surface area contributed by atoms with Crippen LogP contribution in [0.1, 0.15) is 12.6 Å². The Morgan fingerprint density at radius 1 is 1.58 bits per heavy atom. The summed E-state index contributed by atoms with van der Waals surface area (Å²) in [6, 6.07) is -0.270. The maximum absolute atomic E-state index is 12.0. The Hall–Kier alpha value is -1.73. The average Bonchev–Trinajstić information content (AvgIpc) is 2.42. The molecule has 7 nitrogen and oxygen atoms in total. The molecule has 0 aliphatic carbocycles. The van der Waals surface area contributed by atoms with Crippen molar-refractivity contribution in [2.45, 2.75) is 19.5 Å². The number of rotatable bonds is 4. The zero-order chi connectivity index (χ0) is 13.7. The van der Waals surface area contributed by atoms with Gasteiger partial charge in [-0.25, -0.2) is 4.98 Å². The highest BCUT2D eigenvalue weighted by Gasteiger charge is 2.29. The Labute approximate surface area is 112 Å². The van der Waals surface area contributed by atoms with Crippen molar-refractivity contribution in [3.8, 4) is 0 Å². The van der Waals surface area contributed by atoms with Crippen LogP contribution in [-0.4, -0.2) is 53.1 Å². The SMILES string of the molecule is CCNC(=O)C1COCCN1Cc1cnc(N)cn1. The van der Waals surface area contributed by atoms with Gasteiger partial charge in [-0.2, -0.15) is 0 Å². The third-order valence-corrected chi connectivity index (χ3v) is 2.98. The standard InChI is InChI=1S/C12H19N5O2/c1-2-14-12(18)10-8-19-4-3-17(10)7-9-5-16-11(13)6-15-9/h5-6,10H,2-4,7-8H2,1H3,(H2,13,16)(H,14,18). The summed E-state index contributed by atoms with van der Waals surface area (Å²) in [5, 5.41) is 2.82. The lowest BCUT2D eigenvalue weighted by Crippen LogP contribution is -2.53. The van der Waals surface area contributed by atoms with E-state index in [1.807, 2.05) is 6.92 Å². The molecule has 1 amide bonds. The predicted octanol–water partition coefficient (Wildman–Crippen LogP) is -0.604. The minimum absolute atomic E-state index is 0.00870. The van der Waals surface area contributed by atoms with E-state index < -0.39 is 0 Å². The van der Waals surface area contributed by atoms with Gasteiger partial charge in [-0.3, -0.25) is 14.7 Å². The molecule has 1 fully saturated rings. The molecule has 19 heavy (non-hydrogen) atoms. The van der Waals surface area contributed by atoms with E-state index in [2.05, 4.69) is 20.2 Å². The Morgan fingerprint density at radius 2 is 2.42 bits per heavy atom. The zero-order valence-electron chi connectivity index (χ0n) is 11.0. The van der Waals surface area contributed by atoms with Gasteiger partial charge in [-0.15, -0.1) is 0 Å². The molecule has 0 radical (unpaired) electrons. The Balaban J connectivity index is 2.03. The molecule has 1 unspecified atom stereocenters. The molecule has 2 heterocycles. The van der Waals surface area contributed by atoms with Crippen molar-refractivity contribution in [1.82, 2.24) is 20.2 Å². The van der Waals surface area contributed by atoms with E-state index in [-0.39, 0.29) is 11.9 Å². The largest absolute Gasteiger partial charge is 0.382 e. The molecule has 1 aromatic heterocycles. The third kappa shape index (κ3) is 3.62. The number of morpholine rings is 1. The smallest absolute Gasteiger partial charge is 0.239 e. The fraction of sp³-hybridized carbons (Fsp3) is 0.583. The van der Waals surface area contributed by atoms with E-state index in [4.69, 9.17) is 10.5 Å². The zero-order valence-corrected chi connectivity index (χ0v) is 11.0. The molecular formula is C12H19N5O2. The van der Waals surface area contributed by atoms with Crippen LogP contribution in [0.15, 0.2) is 12.4 Å². The number of carbonyl (C=O) groups is 1. The van der Waals surface area contributed by atoms with Crippen molar-refractivity contribution in [2.24, 2.45) is 0 Å². The summed E-state index contributed by atoms with van der Waals surface area (Å²) in [5.41, 5.74) is 6.30. The van der Waals surface area contributed by atoms with Gasteiger partial charge < -0.3 is 15.8 Å². The minimum Gasteiger partial charge on any atom is -0.382 e. The normalized spacial score (nSPS) is 20.2. The van der Waals surface area contributed by atoms with E-state index in [1.165, 1.54) is 6.20 Å². The van der Waals surface area contributed by atoms with Crippen LogP contribution in [0.25, 0.3) is 0 Å². The minimum atomic E-state index is -0.270. The van der Waals surface area contributed by atoms with Crippen LogP contribution in [-0.2, 0) is 16.1 Å². The highest BCUT2D eigenvalue weighted by Crippen LogP contribution is 2.11. The molecule has 0 bridgehead atoms. The lowest BCUT2D eigenvalue weighted by atomic mass is 10.2. The summed E-state index contributed by atoms with van der Waals surface area (Å²) in [7, 11) is 0. The summed E-state index contributed by atoms with van der Waals surface area (Å²) in [6.07, 6.45) is 3.16. The average molecular weight is 265 g/mol. The van der Waals surface area contributed by atoms with Crippen LogP contribution in [0.2, 0.25) is 0 Å². The lowest BCUT2D eigenvalue weighted by molar-refractivity contribution is -0.132. The van der Waals surface area contributed by atoms with Crippen LogP contribution in [0, 0.1) is 0 Å². The van der Waals surface area contributed by atoms with E-state index in [9.17, 15) is 4.79 Å². The molecule has 0 saturated carbocycles. The molecule has 7 heteroatoms. The summed E-state index contributed by atoms with van der Waals surface area (Å²) in [4.78, 5) is 22.2. The topological polar surface area (TPSA) is 93.4 Å². The van der Waals surface area contributed by atoms with Crippen molar-refractivity contribution in [3.05, 3.63) is 18.1 Å². The molecule has 3 N–H and O–H groups in total. The number of amides is 1. The molecule has 0 aromatic carbocycles. The quantitative estimate of drug-likeness (QED) is 0.755. The van der Waals surface area contributed by atoms with Gasteiger partial charge in [0.05, 0.1) is 31.3 Å².